The predicted octanol–water partition coefficient (Wildman–Crippen LogP) is 1.86. The topological polar surface area (TPSA) is 67.4 Å². The minimum absolute atomic E-state index is 0.133. The third-order valence-corrected chi connectivity index (χ3v) is 3.25. The molecule has 19 heavy (non-hydrogen) atoms. The summed E-state index contributed by atoms with van der Waals surface area (Å²) in [6, 6.07) is 0.133. The van der Waals surface area contributed by atoms with Crippen molar-refractivity contribution in [2.75, 3.05) is 13.6 Å². The molecule has 1 aliphatic rings. The standard InChI is InChI=1S/C14H26N2O3/c1-14(2,3)19-13(18)16-11-7-5-10(6-8-11)12(17)9-15-4/h10-11,15H,5-9H2,1-4H3,(H,16,18). The van der Waals surface area contributed by atoms with E-state index in [-0.39, 0.29) is 23.8 Å². The zero-order valence-electron chi connectivity index (χ0n) is 12.4. The Morgan fingerprint density at radius 1 is 1.16 bits per heavy atom. The highest BCUT2D eigenvalue weighted by molar-refractivity contribution is 5.83. The van der Waals surface area contributed by atoms with Crippen LogP contribution in [0.15, 0.2) is 0 Å². The van der Waals surface area contributed by atoms with E-state index in [1.165, 1.54) is 0 Å². The van der Waals surface area contributed by atoms with Crippen molar-refractivity contribution >= 4 is 11.9 Å². The molecule has 110 valence electrons. The first-order chi connectivity index (χ1) is 8.81. The molecule has 0 aliphatic heterocycles. The average molecular weight is 270 g/mol. The molecule has 1 rings (SSSR count). The summed E-state index contributed by atoms with van der Waals surface area (Å²) in [4.78, 5) is 23.4. The second-order valence-corrected chi connectivity index (χ2v) is 6.19. The van der Waals surface area contributed by atoms with Crippen LogP contribution in [-0.2, 0) is 9.53 Å². The maximum Gasteiger partial charge on any atom is 0.407 e. The number of likely N-dealkylation sites (N-methyl/N-ethyl adjacent to an activating group) is 1. The van der Waals surface area contributed by atoms with Gasteiger partial charge in [-0.05, 0) is 53.5 Å². The van der Waals surface area contributed by atoms with E-state index in [4.69, 9.17) is 4.74 Å². The summed E-state index contributed by atoms with van der Waals surface area (Å²) in [7, 11) is 1.79. The summed E-state index contributed by atoms with van der Waals surface area (Å²) < 4.78 is 5.23. The number of ketones is 1. The van der Waals surface area contributed by atoms with Gasteiger partial charge < -0.3 is 15.4 Å². The van der Waals surface area contributed by atoms with E-state index in [1.807, 2.05) is 20.8 Å². The van der Waals surface area contributed by atoms with Crippen LogP contribution in [0.4, 0.5) is 4.79 Å². The normalized spacial score (nSPS) is 23.8. The molecule has 1 saturated carbocycles. The van der Waals surface area contributed by atoms with Crippen LogP contribution < -0.4 is 10.6 Å². The van der Waals surface area contributed by atoms with Crippen LogP contribution in [0.2, 0.25) is 0 Å². The molecule has 5 nitrogen and oxygen atoms in total. The van der Waals surface area contributed by atoms with E-state index in [9.17, 15) is 9.59 Å². The van der Waals surface area contributed by atoms with Crippen LogP contribution in [-0.4, -0.2) is 37.1 Å². The van der Waals surface area contributed by atoms with E-state index >= 15 is 0 Å². The molecule has 0 radical (unpaired) electrons. The zero-order valence-corrected chi connectivity index (χ0v) is 12.4. The second kappa shape index (κ2) is 6.89. The van der Waals surface area contributed by atoms with Gasteiger partial charge in [-0.3, -0.25) is 4.79 Å². The fourth-order valence-corrected chi connectivity index (χ4v) is 2.35. The Hall–Kier alpha value is -1.10. The van der Waals surface area contributed by atoms with Crippen LogP contribution in [0.5, 0.6) is 0 Å². The van der Waals surface area contributed by atoms with E-state index in [0.717, 1.165) is 25.7 Å². The van der Waals surface area contributed by atoms with Gasteiger partial charge in [-0.2, -0.15) is 0 Å². The smallest absolute Gasteiger partial charge is 0.407 e. The van der Waals surface area contributed by atoms with Crippen molar-refractivity contribution in [3.8, 4) is 0 Å². The van der Waals surface area contributed by atoms with E-state index in [0.29, 0.717) is 6.54 Å². The monoisotopic (exact) mass is 270 g/mol. The Kier molecular flexibility index (Phi) is 5.79. The molecule has 0 unspecified atom stereocenters. The Labute approximate surface area is 115 Å². The Morgan fingerprint density at radius 2 is 1.74 bits per heavy atom. The molecule has 2 N–H and O–H groups in total. The summed E-state index contributed by atoms with van der Waals surface area (Å²) in [5.74, 6) is 0.419. The van der Waals surface area contributed by atoms with Gasteiger partial charge in [-0.15, -0.1) is 0 Å². The largest absolute Gasteiger partial charge is 0.444 e. The molecule has 1 fully saturated rings. The van der Waals surface area contributed by atoms with Gasteiger partial charge in [0.1, 0.15) is 11.4 Å². The first-order valence-corrected chi connectivity index (χ1v) is 6.98. The lowest BCUT2D eigenvalue weighted by atomic mass is 9.83. The molecular weight excluding hydrogens is 244 g/mol. The number of amides is 1. The number of rotatable bonds is 4. The number of nitrogens with one attached hydrogen (secondary N) is 2. The lowest BCUT2D eigenvalue weighted by molar-refractivity contribution is -0.122. The molecular formula is C14H26N2O3. The van der Waals surface area contributed by atoms with Crippen LogP contribution in [0.25, 0.3) is 0 Å². The number of alkyl carbamates (subject to hydrolysis) is 1. The number of hydrogen-bond donors (Lipinski definition) is 2. The van der Waals surface area contributed by atoms with E-state index in [2.05, 4.69) is 10.6 Å². The van der Waals surface area contributed by atoms with Crippen LogP contribution in [0.1, 0.15) is 46.5 Å². The van der Waals surface area contributed by atoms with E-state index in [1.54, 1.807) is 7.05 Å². The highest BCUT2D eigenvalue weighted by atomic mass is 16.6. The van der Waals surface area contributed by atoms with E-state index < -0.39 is 5.60 Å². The number of Topliss-reactive ketones (excluding diaryl/α,β-unsaturated/α-hetero) is 1. The fraction of sp³-hybridized carbons (Fsp3) is 0.857. The summed E-state index contributed by atoms with van der Waals surface area (Å²) in [6.07, 6.45) is 3.03. The molecule has 1 aliphatic carbocycles. The van der Waals surface area contributed by atoms with Gasteiger partial charge in [0.2, 0.25) is 0 Å². The van der Waals surface area contributed by atoms with Crippen molar-refractivity contribution in [2.45, 2.75) is 58.1 Å². The molecule has 5 heteroatoms. The second-order valence-electron chi connectivity index (χ2n) is 6.19. The highest BCUT2D eigenvalue weighted by Gasteiger charge is 2.27. The van der Waals surface area contributed by atoms with Gasteiger partial charge in [0.05, 0.1) is 6.54 Å². The van der Waals surface area contributed by atoms with Gasteiger partial charge in [0.15, 0.2) is 0 Å². The fourth-order valence-electron chi connectivity index (χ4n) is 2.35. The maximum absolute atomic E-state index is 11.7. The number of carbonyl (C=O) groups is 2. The number of ether oxygens (including phenoxy) is 1. The van der Waals surface area contributed by atoms with Gasteiger partial charge in [-0.25, -0.2) is 4.79 Å². The van der Waals surface area contributed by atoms with Crippen molar-refractivity contribution in [1.82, 2.24) is 10.6 Å². The van der Waals surface area contributed by atoms with Crippen molar-refractivity contribution in [3.05, 3.63) is 0 Å². The Balaban J connectivity index is 2.30. The Bertz CT molecular complexity index is 315. The van der Waals surface area contributed by atoms with Gasteiger partial charge in [0.25, 0.3) is 0 Å². The molecule has 1 amide bonds. The van der Waals surface area contributed by atoms with Crippen molar-refractivity contribution < 1.29 is 14.3 Å². The van der Waals surface area contributed by atoms with Crippen molar-refractivity contribution in [2.24, 2.45) is 5.92 Å². The third kappa shape index (κ3) is 6.05. The van der Waals surface area contributed by atoms with Crippen molar-refractivity contribution in [1.29, 1.82) is 0 Å². The Morgan fingerprint density at radius 3 is 2.21 bits per heavy atom. The molecule has 0 aromatic carbocycles. The summed E-state index contributed by atoms with van der Waals surface area (Å²) in [5, 5.41) is 5.77. The first-order valence-electron chi connectivity index (χ1n) is 6.98. The summed E-state index contributed by atoms with van der Waals surface area (Å²) >= 11 is 0. The predicted molar refractivity (Wildman–Crippen MR) is 74.0 cm³/mol. The summed E-state index contributed by atoms with van der Waals surface area (Å²) in [6.45, 7) is 5.98. The average Bonchev–Trinajstić information content (AvgIpc) is 2.27. The first kappa shape index (κ1) is 16.0. The molecule has 0 spiro atoms. The maximum atomic E-state index is 11.7. The van der Waals surface area contributed by atoms with Crippen LogP contribution >= 0.6 is 0 Å². The zero-order chi connectivity index (χ0) is 14.5. The van der Waals surface area contributed by atoms with Crippen LogP contribution in [0, 0.1) is 5.92 Å². The molecule has 0 saturated heterocycles. The lowest BCUT2D eigenvalue weighted by Gasteiger charge is -2.29. The van der Waals surface area contributed by atoms with Gasteiger partial charge in [0, 0.05) is 12.0 Å². The molecule has 0 aromatic rings. The number of carbonyl (C=O) groups excluding carboxylic acids is 2. The molecule has 0 heterocycles. The summed E-state index contributed by atoms with van der Waals surface area (Å²) in [5.41, 5.74) is -0.468. The lowest BCUT2D eigenvalue weighted by Crippen LogP contribution is -2.42. The number of hydrogen-bond acceptors (Lipinski definition) is 4. The third-order valence-electron chi connectivity index (χ3n) is 3.25. The minimum atomic E-state index is -0.468. The van der Waals surface area contributed by atoms with Crippen molar-refractivity contribution in [3.63, 3.8) is 0 Å². The minimum Gasteiger partial charge on any atom is -0.444 e. The molecule has 0 aromatic heterocycles. The quantitative estimate of drug-likeness (QED) is 0.818. The highest BCUT2D eigenvalue weighted by Crippen LogP contribution is 2.25. The van der Waals surface area contributed by atoms with Gasteiger partial charge >= 0.3 is 6.09 Å². The SMILES string of the molecule is CNCC(=O)C1CCC(NC(=O)OC(C)(C)C)CC1. The van der Waals surface area contributed by atoms with Crippen LogP contribution in [0.3, 0.4) is 0 Å². The molecule has 0 atom stereocenters. The molecule has 0 bridgehead atoms. The van der Waals surface area contributed by atoms with Gasteiger partial charge in [-0.1, -0.05) is 0 Å².